The number of alkyl halides is 3. The highest BCUT2D eigenvalue weighted by Crippen LogP contribution is 2.32. The summed E-state index contributed by atoms with van der Waals surface area (Å²) in [7, 11) is 0. The third kappa shape index (κ3) is 4.29. The van der Waals surface area contributed by atoms with Crippen molar-refractivity contribution < 1.29 is 27.5 Å². The van der Waals surface area contributed by atoms with E-state index < -0.39 is 17.7 Å². The van der Waals surface area contributed by atoms with Crippen LogP contribution in [-0.2, 0) is 17.4 Å². The summed E-state index contributed by atoms with van der Waals surface area (Å²) in [6.07, 6.45) is -3.69. The molecular weight excluding hydrogens is 469 g/mol. The number of nitrogens with zero attached hydrogens (tertiary/aromatic N) is 3. The number of nitrogens with one attached hydrogen (secondary N) is 1. The number of thiophene rings is 1. The second-order valence-corrected chi connectivity index (χ2v) is 8.40. The van der Waals surface area contributed by atoms with Gasteiger partial charge < -0.3 is 10.1 Å². The molecule has 11 heteroatoms. The van der Waals surface area contributed by atoms with Crippen molar-refractivity contribution in [3.8, 4) is 22.1 Å². The molecule has 4 aromatic rings. The van der Waals surface area contributed by atoms with Gasteiger partial charge in [0.25, 0.3) is 5.82 Å². The first-order valence-electron chi connectivity index (χ1n) is 10.1. The van der Waals surface area contributed by atoms with Crippen LogP contribution in [0.5, 0.6) is 5.75 Å². The van der Waals surface area contributed by atoms with Gasteiger partial charge in [-0.1, -0.05) is 12.1 Å². The maximum Gasteiger partial charge on any atom is 0.416 e. The van der Waals surface area contributed by atoms with Crippen LogP contribution in [0, 0.1) is 0 Å². The summed E-state index contributed by atoms with van der Waals surface area (Å²) in [4.78, 5) is 29.2. The van der Waals surface area contributed by atoms with Crippen molar-refractivity contribution in [1.82, 2.24) is 14.8 Å². The van der Waals surface area contributed by atoms with Gasteiger partial charge in [0.2, 0.25) is 5.91 Å². The molecule has 0 saturated carbocycles. The first-order chi connectivity index (χ1) is 16.3. The second kappa shape index (κ2) is 8.41. The molecule has 2 aromatic heterocycles. The minimum Gasteiger partial charge on any atom is -0.421 e. The molecule has 34 heavy (non-hydrogen) atoms. The van der Waals surface area contributed by atoms with Crippen molar-refractivity contribution in [1.29, 1.82) is 0 Å². The molecule has 1 N–H and O–H groups in total. The van der Waals surface area contributed by atoms with Gasteiger partial charge in [0.1, 0.15) is 5.75 Å². The predicted molar refractivity (Wildman–Crippen MR) is 118 cm³/mol. The Hall–Kier alpha value is -3.99. The molecule has 0 atom stereocenters. The highest BCUT2D eigenvalue weighted by Gasteiger charge is 2.31. The van der Waals surface area contributed by atoms with E-state index in [-0.39, 0.29) is 29.0 Å². The average Bonchev–Trinajstić information content (AvgIpc) is 3.49. The smallest absolute Gasteiger partial charge is 0.416 e. The Bertz CT molecular complexity index is 1400. The Labute approximate surface area is 194 Å². The monoisotopic (exact) mass is 484 g/mol. The fraction of sp³-hybridized carbons (Fsp3) is 0.130. The number of carbonyl (C=O) groups is 2. The summed E-state index contributed by atoms with van der Waals surface area (Å²) in [6, 6.07) is 12.9. The highest BCUT2D eigenvalue weighted by atomic mass is 32.1. The molecule has 1 amide bonds. The van der Waals surface area contributed by atoms with Crippen LogP contribution in [0.3, 0.4) is 0 Å². The van der Waals surface area contributed by atoms with E-state index in [1.807, 2.05) is 0 Å². The van der Waals surface area contributed by atoms with Crippen LogP contribution in [0.15, 0.2) is 60.0 Å². The van der Waals surface area contributed by atoms with Crippen molar-refractivity contribution in [3.63, 3.8) is 0 Å². The van der Waals surface area contributed by atoms with Gasteiger partial charge in [-0.2, -0.15) is 18.2 Å². The summed E-state index contributed by atoms with van der Waals surface area (Å²) < 4.78 is 46.3. The third-order valence-corrected chi connectivity index (χ3v) is 6.00. The number of ether oxygens (including phenoxy) is 1. The Kier molecular flexibility index (Phi) is 5.40. The molecule has 0 bridgehead atoms. The maximum atomic E-state index is 13.2. The van der Waals surface area contributed by atoms with E-state index in [0.717, 1.165) is 17.7 Å². The van der Waals surface area contributed by atoms with Gasteiger partial charge in [0.05, 0.1) is 16.1 Å². The summed E-state index contributed by atoms with van der Waals surface area (Å²) >= 11 is 1.31. The molecule has 0 spiro atoms. The minimum absolute atomic E-state index is 0.0808. The fourth-order valence-corrected chi connectivity index (χ4v) is 4.23. The van der Waals surface area contributed by atoms with Crippen LogP contribution in [0.4, 0.5) is 18.9 Å². The minimum atomic E-state index is -4.53. The maximum absolute atomic E-state index is 13.2. The first kappa shape index (κ1) is 21.8. The van der Waals surface area contributed by atoms with E-state index in [2.05, 4.69) is 15.4 Å². The molecule has 3 heterocycles. The van der Waals surface area contributed by atoms with Gasteiger partial charge in [0, 0.05) is 12.1 Å². The van der Waals surface area contributed by atoms with E-state index in [1.165, 1.54) is 34.2 Å². The van der Waals surface area contributed by atoms with Crippen LogP contribution in [-0.4, -0.2) is 26.6 Å². The number of halogens is 3. The zero-order chi connectivity index (χ0) is 23.9. The Morgan fingerprint density at radius 1 is 1.09 bits per heavy atom. The normalized spacial score (nSPS) is 13.3. The number of anilines is 1. The summed E-state index contributed by atoms with van der Waals surface area (Å²) in [5.41, 5.74) is 0.742. The fourth-order valence-electron chi connectivity index (χ4n) is 3.53. The second-order valence-electron chi connectivity index (χ2n) is 7.45. The number of carbonyl (C=O) groups excluding carboxylic acids is 2. The number of hydrogen-bond acceptors (Lipinski definition) is 6. The van der Waals surface area contributed by atoms with Crippen LogP contribution < -0.4 is 10.1 Å². The molecule has 0 saturated heterocycles. The SMILES string of the molecule is O=C1CCc2cc(OC(=O)c3nc(-c4cccs4)n(-c4cccc(C(F)(F)F)c4)n3)ccc2N1. The van der Waals surface area contributed by atoms with E-state index in [1.54, 1.807) is 29.6 Å². The third-order valence-electron chi connectivity index (χ3n) is 5.13. The molecule has 0 unspecified atom stereocenters. The molecule has 5 rings (SSSR count). The molecule has 1 aliphatic heterocycles. The number of aromatic nitrogens is 3. The summed E-state index contributed by atoms with van der Waals surface area (Å²) in [6.45, 7) is 0. The number of amides is 1. The van der Waals surface area contributed by atoms with Gasteiger partial charge in [-0.15, -0.1) is 16.4 Å². The van der Waals surface area contributed by atoms with Crippen LogP contribution in [0.25, 0.3) is 16.4 Å². The molecule has 0 aliphatic carbocycles. The average molecular weight is 484 g/mol. The lowest BCUT2D eigenvalue weighted by Gasteiger charge is -2.17. The number of hydrogen-bond donors (Lipinski definition) is 1. The van der Waals surface area contributed by atoms with E-state index in [9.17, 15) is 22.8 Å². The van der Waals surface area contributed by atoms with Crippen LogP contribution >= 0.6 is 11.3 Å². The molecule has 2 aromatic carbocycles. The Balaban J connectivity index is 1.49. The molecular formula is C23H15F3N4O3S. The lowest BCUT2D eigenvalue weighted by atomic mass is 10.0. The summed E-state index contributed by atoms with van der Waals surface area (Å²) in [5, 5.41) is 8.69. The van der Waals surface area contributed by atoms with Gasteiger partial charge in [0.15, 0.2) is 5.82 Å². The van der Waals surface area contributed by atoms with Crippen molar-refractivity contribution in [3.05, 3.63) is 76.9 Å². The molecule has 1 aliphatic rings. The molecule has 0 fully saturated rings. The van der Waals surface area contributed by atoms with Gasteiger partial charge >= 0.3 is 12.1 Å². The summed E-state index contributed by atoms with van der Waals surface area (Å²) in [5.74, 6) is -0.778. The van der Waals surface area contributed by atoms with E-state index in [4.69, 9.17) is 4.74 Å². The van der Waals surface area contributed by atoms with Crippen molar-refractivity contribution in [2.45, 2.75) is 19.0 Å². The molecule has 172 valence electrons. The molecule has 0 radical (unpaired) electrons. The zero-order valence-electron chi connectivity index (χ0n) is 17.3. The number of fused-ring (bicyclic) bond motifs is 1. The van der Waals surface area contributed by atoms with Gasteiger partial charge in [-0.05, 0) is 59.8 Å². The number of aryl methyl sites for hydroxylation is 1. The quantitative estimate of drug-likeness (QED) is 0.321. The predicted octanol–water partition coefficient (Wildman–Crippen LogP) is 5.12. The molecule has 7 nitrogen and oxygen atoms in total. The largest absolute Gasteiger partial charge is 0.421 e. The number of esters is 1. The van der Waals surface area contributed by atoms with E-state index in [0.29, 0.717) is 23.4 Å². The van der Waals surface area contributed by atoms with Crippen molar-refractivity contribution in [2.75, 3.05) is 5.32 Å². The topological polar surface area (TPSA) is 86.1 Å². The standard InChI is InChI=1S/C23H15F3N4O3S/c24-23(25,26)14-3-1-4-15(12-14)30-21(18-5-2-10-34-18)28-20(29-30)22(32)33-16-7-8-17-13(11-16)6-9-19(31)27-17/h1-5,7-8,10-12H,6,9H2,(H,27,31). The Morgan fingerprint density at radius 3 is 2.71 bits per heavy atom. The van der Waals surface area contributed by atoms with Crippen molar-refractivity contribution in [2.24, 2.45) is 0 Å². The zero-order valence-corrected chi connectivity index (χ0v) is 18.1. The van der Waals surface area contributed by atoms with Crippen molar-refractivity contribution >= 4 is 28.9 Å². The van der Waals surface area contributed by atoms with Crippen LogP contribution in [0.1, 0.15) is 28.2 Å². The van der Waals surface area contributed by atoms with Gasteiger partial charge in [-0.3, -0.25) is 4.79 Å². The van der Waals surface area contributed by atoms with E-state index >= 15 is 0 Å². The highest BCUT2D eigenvalue weighted by molar-refractivity contribution is 7.13. The lowest BCUT2D eigenvalue weighted by molar-refractivity contribution is -0.137. The van der Waals surface area contributed by atoms with Crippen LogP contribution in [0.2, 0.25) is 0 Å². The number of benzene rings is 2. The first-order valence-corrected chi connectivity index (χ1v) is 11.0. The Morgan fingerprint density at radius 2 is 1.94 bits per heavy atom. The van der Waals surface area contributed by atoms with Gasteiger partial charge in [-0.25, -0.2) is 9.48 Å². The lowest BCUT2D eigenvalue weighted by Crippen LogP contribution is -2.19. The number of rotatable bonds is 4.